The number of nitrogens with zero attached hydrogens (tertiary/aromatic N) is 1. The zero-order chi connectivity index (χ0) is 13.8. The van der Waals surface area contributed by atoms with Crippen LogP contribution in [0.15, 0.2) is 30.5 Å². The van der Waals surface area contributed by atoms with Crippen LogP contribution >= 0.6 is 11.8 Å². The molecule has 2 aromatic rings. The van der Waals surface area contributed by atoms with Gasteiger partial charge in [0.05, 0.1) is 6.61 Å². The van der Waals surface area contributed by atoms with Crippen molar-refractivity contribution in [3.8, 4) is 0 Å². The highest BCUT2D eigenvalue weighted by molar-refractivity contribution is 6.14. The highest BCUT2D eigenvalue weighted by atomic mass is 35.5. The van der Waals surface area contributed by atoms with Gasteiger partial charge in [-0.05, 0) is 30.3 Å². The number of aromatic nitrogens is 1. The maximum absolute atomic E-state index is 11.7. The van der Waals surface area contributed by atoms with Crippen LogP contribution in [0.4, 0.5) is 0 Å². The Morgan fingerprint density at radius 3 is 2.89 bits per heavy atom. The summed E-state index contributed by atoms with van der Waals surface area (Å²) in [4.78, 5) is 14.2. The largest absolute Gasteiger partial charge is 0.465 e. The second kappa shape index (κ2) is 6.08. The lowest BCUT2D eigenvalue weighted by atomic mass is 10.1. The summed E-state index contributed by atoms with van der Waals surface area (Å²) >= 11 is 5.65. The van der Waals surface area contributed by atoms with Crippen molar-refractivity contribution < 1.29 is 9.53 Å². The molecule has 0 aliphatic carbocycles. The van der Waals surface area contributed by atoms with E-state index in [1.807, 2.05) is 42.1 Å². The summed E-state index contributed by atoms with van der Waals surface area (Å²) in [5.41, 5.74) is 2.21. The second-order valence-corrected chi connectivity index (χ2v) is 4.62. The van der Waals surface area contributed by atoms with Gasteiger partial charge in [-0.3, -0.25) is 4.79 Å². The molecule has 4 nitrogen and oxygen atoms in total. The summed E-state index contributed by atoms with van der Waals surface area (Å²) in [6.07, 6.45) is 2.52. The van der Waals surface area contributed by atoms with Crippen molar-refractivity contribution in [1.29, 1.82) is 0 Å². The standard InChI is InChI=1S/C14H17ClN2O2/c1-3-19-14(18)12(16-15)8-10-9-17(2)13-7-5-4-6-11(10)13/h4-7,9,12,16H,3,8H2,1-2H3/t12-/m1/s1. The highest BCUT2D eigenvalue weighted by Crippen LogP contribution is 2.21. The molecule has 1 heterocycles. The molecule has 0 spiro atoms. The number of aryl methyl sites for hydroxylation is 1. The van der Waals surface area contributed by atoms with E-state index in [2.05, 4.69) is 4.84 Å². The zero-order valence-corrected chi connectivity index (χ0v) is 11.8. The van der Waals surface area contributed by atoms with Crippen molar-refractivity contribution in [2.45, 2.75) is 19.4 Å². The topological polar surface area (TPSA) is 43.3 Å². The first-order valence-corrected chi connectivity index (χ1v) is 6.61. The third-order valence-corrected chi connectivity index (χ3v) is 3.37. The molecule has 0 saturated heterocycles. The van der Waals surface area contributed by atoms with Gasteiger partial charge in [0.2, 0.25) is 0 Å². The predicted octanol–water partition coefficient (Wildman–Crippen LogP) is 2.40. The molecular formula is C14H17ClN2O2. The van der Waals surface area contributed by atoms with Gasteiger partial charge in [0.1, 0.15) is 6.04 Å². The molecule has 5 heteroatoms. The molecule has 1 atom stereocenters. The van der Waals surface area contributed by atoms with Crippen LogP contribution in [0, 0.1) is 0 Å². The first-order valence-electron chi connectivity index (χ1n) is 6.23. The zero-order valence-electron chi connectivity index (χ0n) is 11.0. The summed E-state index contributed by atoms with van der Waals surface area (Å²) < 4.78 is 7.04. The van der Waals surface area contributed by atoms with Gasteiger partial charge in [0.25, 0.3) is 0 Å². The predicted molar refractivity (Wildman–Crippen MR) is 76.0 cm³/mol. The number of halogens is 1. The number of fused-ring (bicyclic) bond motifs is 1. The lowest BCUT2D eigenvalue weighted by molar-refractivity contribution is -0.145. The summed E-state index contributed by atoms with van der Waals surface area (Å²) in [5.74, 6) is -0.328. The number of para-hydroxylation sites is 1. The molecule has 0 fully saturated rings. The van der Waals surface area contributed by atoms with Gasteiger partial charge >= 0.3 is 5.97 Å². The Morgan fingerprint density at radius 1 is 1.47 bits per heavy atom. The van der Waals surface area contributed by atoms with Crippen LogP contribution in [0.2, 0.25) is 0 Å². The minimum absolute atomic E-state index is 0.328. The Hall–Kier alpha value is -1.52. The van der Waals surface area contributed by atoms with Gasteiger partial charge in [-0.2, -0.15) is 0 Å². The highest BCUT2D eigenvalue weighted by Gasteiger charge is 2.21. The second-order valence-electron chi connectivity index (χ2n) is 4.40. The minimum atomic E-state index is -0.535. The molecule has 19 heavy (non-hydrogen) atoms. The number of esters is 1. The fraction of sp³-hybridized carbons (Fsp3) is 0.357. The van der Waals surface area contributed by atoms with E-state index in [-0.39, 0.29) is 5.97 Å². The van der Waals surface area contributed by atoms with Crippen molar-refractivity contribution in [1.82, 2.24) is 9.40 Å². The smallest absolute Gasteiger partial charge is 0.324 e. The van der Waals surface area contributed by atoms with Gasteiger partial charge in [0.15, 0.2) is 0 Å². The SMILES string of the molecule is CCOC(=O)[C@@H](Cc1cn(C)c2ccccc12)NCl. The number of ether oxygens (including phenoxy) is 1. The summed E-state index contributed by atoms with van der Waals surface area (Å²) in [7, 11) is 1.99. The fourth-order valence-corrected chi connectivity index (χ4v) is 2.38. The van der Waals surface area contributed by atoms with Gasteiger partial charge < -0.3 is 9.30 Å². The fourth-order valence-electron chi connectivity index (χ4n) is 2.22. The van der Waals surface area contributed by atoms with Crippen LogP contribution < -0.4 is 4.84 Å². The molecule has 0 aliphatic rings. The molecule has 0 unspecified atom stereocenters. The summed E-state index contributed by atoms with van der Waals surface area (Å²) in [5, 5.41) is 1.13. The maximum Gasteiger partial charge on any atom is 0.324 e. The van der Waals surface area contributed by atoms with E-state index in [0.29, 0.717) is 13.0 Å². The molecule has 102 valence electrons. The van der Waals surface area contributed by atoms with Crippen LogP contribution in [-0.2, 0) is 23.0 Å². The van der Waals surface area contributed by atoms with E-state index < -0.39 is 6.04 Å². The Labute approximate surface area is 117 Å². The van der Waals surface area contributed by atoms with Gasteiger partial charge in [0, 0.05) is 30.6 Å². The molecule has 1 aromatic carbocycles. The Morgan fingerprint density at radius 2 is 2.21 bits per heavy atom. The molecule has 0 aliphatic heterocycles. The third kappa shape index (κ3) is 2.91. The number of hydrogen-bond acceptors (Lipinski definition) is 3. The molecule has 0 radical (unpaired) electrons. The first-order chi connectivity index (χ1) is 9.17. The Kier molecular flexibility index (Phi) is 4.45. The van der Waals surface area contributed by atoms with E-state index in [1.165, 1.54) is 0 Å². The molecule has 2 rings (SSSR count). The average molecular weight is 281 g/mol. The molecular weight excluding hydrogens is 264 g/mol. The van der Waals surface area contributed by atoms with E-state index in [4.69, 9.17) is 16.5 Å². The Bertz CT molecular complexity index is 580. The van der Waals surface area contributed by atoms with E-state index >= 15 is 0 Å². The Balaban J connectivity index is 2.27. The molecule has 1 aromatic heterocycles. The van der Waals surface area contributed by atoms with Crippen LogP contribution in [0.25, 0.3) is 10.9 Å². The number of hydrogen-bond donors (Lipinski definition) is 1. The van der Waals surface area contributed by atoms with Gasteiger partial charge in [-0.25, -0.2) is 4.84 Å². The normalized spacial score (nSPS) is 12.6. The molecule has 0 amide bonds. The average Bonchev–Trinajstić information content (AvgIpc) is 2.73. The van der Waals surface area contributed by atoms with Crippen molar-refractivity contribution >= 4 is 28.6 Å². The van der Waals surface area contributed by atoms with E-state index in [1.54, 1.807) is 6.92 Å². The third-order valence-electron chi connectivity index (χ3n) is 3.11. The van der Waals surface area contributed by atoms with E-state index in [0.717, 1.165) is 16.5 Å². The van der Waals surface area contributed by atoms with Crippen molar-refractivity contribution in [2.24, 2.45) is 7.05 Å². The van der Waals surface area contributed by atoms with Crippen molar-refractivity contribution in [2.75, 3.05) is 6.61 Å². The number of carbonyl (C=O) groups is 1. The van der Waals surface area contributed by atoms with Gasteiger partial charge in [-0.15, -0.1) is 0 Å². The number of rotatable bonds is 5. The van der Waals surface area contributed by atoms with E-state index in [9.17, 15) is 4.79 Å². The van der Waals surface area contributed by atoms with Crippen molar-refractivity contribution in [3.05, 3.63) is 36.0 Å². The maximum atomic E-state index is 11.7. The van der Waals surface area contributed by atoms with Crippen LogP contribution in [0.5, 0.6) is 0 Å². The number of carbonyl (C=O) groups excluding carboxylic acids is 1. The van der Waals surface area contributed by atoms with Gasteiger partial charge in [-0.1, -0.05) is 18.2 Å². The minimum Gasteiger partial charge on any atom is -0.465 e. The van der Waals surface area contributed by atoms with Crippen LogP contribution in [-0.4, -0.2) is 23.2 Å². The first kappa shape index (κ1) is 13.9. The van der Waals surface area contributed by atoms with Crippen LogP contribution in [0.3, 0.4) is 0 Å². The lowest BCUT2D eigenvalue weighted by Gasteiger charge is -2.12. The van der Waals surface area contributed by atoms with Crippen LogP contribution in [0.1, 0.15) is 12.5 Å². The number of nitrogens with one attached hydrogen (secondary N) is 1. The van der Waals surface area contributed by atoms with Crippen molar-refractivity contribution in [3.63, 3.8) is 0 Å². The lowest BCUT2D eigenvalue weighted by Crippen LogP contribution is -2.34. The summed E-state index contributed by atoms with van der Waals surface area (Å²) in [6.45, 7) is 2.13. The molecule has 0 saturated carbocycles. The quantitative estimate of drug-likeness (QED) is 0.676. The summed E-state index contributed by atoms with van der Waals surface area (Å²) in [6, 6.07) is 7.54. The molecule has 1 N–H and O–H groups in total. The monoisotopic (exact) mass is 280 g/mol. The number of benzene rings is 1. The molecule has 0 bridgehead atoms.